The molecule has 5 N–H and O–H groups in total. The predicted molar refractivity (Wildman–Crippen MR) is 313 cm³/mol. The number of aryl methyl sites for hydroxylation is 3. The van der Waals surface area contributed by atoms with Crippen LogP contribution < -0.4 is 25.6 Å². The van der Waals surface area contributed by atoms with Crippen molar-refractivity contribution in [1.82, 2.24) is 45.6 Å². The normalized spacial score (nSPS) is 15.0. The number of carbonyl (C=O) groups is 5. The minimum Gasteiger partial charge on any atom is -0.491 e. The molecular formula is C58H68FN11O8S3. The quantitative estimate of drug-likeness (QED) is 0.0334. The van der Waals surface area contributed by atoms with Crippen molar-refractivity contribution in [2.45, 2.75) is 117 Å². The number of likely N-dealkylation sites (N-methyl/N-ethyl adjacent to an activating group) is 1. The molecule has 4 atom stereocenters. The summed E-state index contributed by atoms with van der Waals surface area (Å²) in [7, 11) is 1.68. The number of aromatic carboxylic acids is 1. The number of amides is 4. The van der Waals surface area contributed by atoms with E-state index in [0.29, 0.717) is 58.9 Å². The minimum absolute atomic E-state index is 0.0450. The van der Waals surface area contributed by atoms with Crippen molar-refractivity contribution in [3.63, 3.8) is 0 Å². The lowest BCUT2D eigenvalue weighted by Gasteiger charge is -2.35. The lowest BCUT2D eigenvalue weighted by atomic mass is 9.85. The van der Waals surface area contributed by atoms with Gasteiger partial charge in [0, 0.05) is 50.8 Å². The number of unbranched alkanes of at least 4 members (excludes halogenated alkanes) is 2. The summed E-state index contributed by atoms with van der Waals surface area (Å²) in [5.41, 5.74) is 5.38. The van der Waals surface area contributed by atoms with Crippen molar-refractivity contribution in [2.75, 3.05) is 43.5 Å². The van der Waals surface area contributed by atoms with Crippen LogP contribution in [0.1, 0.15) is 111 Å². The molecular weight excluding hydrogens is 1090 g/mol. The molecule has 1 saturated heterocycles. The highest BCUT2D eigenvalue weighted by Gasteiger charge is 2.45. The average Bonchev–Trinajstić information content (AvgIpc) is 4.41. The second-order valence-electron chi connectivity index (χ2n) is 21.2. The van der Waals surface area contributed by atoms with E-state index >= 15 is 0 Å². The van der Waals surface area contributed by atoms with Crippen molar-refractivity contribution in [1.29, 1.82) is 0 Å². The molecule has 81 heavy (non-hydrogen) atoms. The zero-order valence-corrected chi connectivity index (χ0v) is 48.9. The van der Waals surface area contributed by atoms with Gasteiger partial charge in [-0.25, -0.2) is 24.1 Å². The zero-order chi connectivity index (χ0) is 58.0. The SMILES string of the molecule is Cc1cc(N(CCN(C)C(=O)CCCCCC(=O)NC(C(=O)N2C[C@H](O)C[C@H]2C(=O)N[C@@H](C)c2ccc(-c3scnc3C)cc2)C(C)(C)C)c2nc(C(=O)O)c(CCCOc3ccccc3F)s2)nnc1Nc1nc2ccccc2s1. The molecule has 0 aliphatic carbocycles. The van der Waals surface area contributed by atoms with E-state index in [9.17, 15) is 38.6 Å². The molecule has 4 aromatic heterocycles. The number of hydrogen-bond donors (Lipinski definition) is 5. The molecule has 0 spiro atoms. The lowest BCUT2D eigenvalue weighted by molar-refractivity contribution is -0.144. The number of nitrogens with zero attached hydrogens (tertiary/aromatic N) is 8. The van der Waals surface area contributed by atoms with Crippen molar-refractivity contribution in [3.8, 4) is 16.2 Å². The number of nitrogens with one attached hydrogen (secondary N) is 3. The molecule has 1 aliphatic rings. The number of carboxylic acid groups (broad SMARTS) is 1. The van der Waals surface area contributed by atoms with Crippen LogP contribution in [-0.4, -0.2) is 126 Å². The Balaban J connectivity index is 0.847. The number of hydrogen-bond acceptors (Lipinski definition) is 17. The van der Waals surface area contributed by atoms with E-state index in [1.165, 1.54) is 39.7 Å². The van der Waals surface area contributed by atoms with E-state index in [1.807, 2.05) is 96.1 Å². The summed E-state index contributed by atoms with van der Waals surface area (Å²) in [4.78, 5) is 87.5. The number of aliphatic hydroxyl groups excluding tert-OH is 1. The maximum absolute atomic E-state index is 14.3. The number of thiazole rings is 3. The zero-order valence-electron chi connectivity index (χ0n) is 46.4. The lowest BCUT2D eigenvalue weighted by Crippen LogP contribution is -2.57. The number of para-hydroxylation sites is 2. The highest BCUT2D eigenvalue weighted by Crippen LogP contribution is 2.35. The number of β-amino-alcohol motifs (C(OH)–C–C–N with tert-alkyl or cyclic N) is 1. The molecule has 1 aliphatic heterocycles. The van der Waals surface area contributed by atoms with Gasteiger partial charge in [0.05, 0.1) is 45.1 Å². The molecule has 0 radical (unpaired) electrons. The van der Waals surface area contributed by atoms with Crippen LogP contribution in [0.3, 0.4) is 0 Å². The van der Waals surface area contributed by atoms with Crippen LogP contribution in [0.5, 0.6) is 5.75 Å². The third-order valence-electron chi connectivity index (χ3n) is 14.0. The van der Waals surface area contributed by atoms with E-state index in [-0.39, 0.29) is 74.8 Å². The maximum atomic E-state index is 14.3. The van der Waals surface area contributed by atoms with Crippen LogP contribution >= 0.6 is 34.0 Å². The molecule has 5 heterocycles. The number of benzene rings is 3. The van der Waals surface area contributed by atoms with Gasteiger partial charge < -0.3 is 40.7 Å². The van der Waals surface area contributed by atoms with Crippen LogP contribution in [0.2, 0.25) is 0 Å². The van der Waals surface area contributed by atoms with Crippen LogP contribution in [0.4, 0.5) is 26.3 Å². The van der Waals surface area contributed by atoms with Gasteiger partial charge in [0.15, 0.2) is 39.2 Å². The van der Waals surface area contributed by atoms with Crippen LogP contribution in [0, 0.1) is 25.1 Å². The van der Waals surface area contributed by atoms with Crippen molar-refractivity contribution < 1.29 is 43.3 Å². The first-order valence-corrected chi connectivity index (χ1v) is 29.4. The Kier molecular flexibility index (Phi) is 19.8. The topological polar surface area (TPSA) is 245 Å². The van der Waals surface area contributed by atoms with E-state index in [4.69, 9.17) is 4.74 Å². The minimum atomic E-state index is -1.21. The molecule has 1 unspecified atom stereocenters. The van der Waals surface area contributed by atoms with Gasteiger partial charge in [-0.1, -0.05) is 87.1 Å². The molecule has 19 nitrogen and oxygen atoms in total. The van der Waals surface area contributed by atoms with Crippen molar-refractivity contribution in [3.05, 3.63) is 118 Å². The Bertz CT molecular complexity index is 3310. The van der Waals surface area contributed by atoms with Crippen LogP contribution in [0.15, 0.2) is 84.4 Å². The number of halogens is 1. The highest BCUT2D eigenvalue weighted by atomic mass is 32.1. The second kappa shape index (κ2) is 26.9. The number of anilines is 4. The summed E-state index contributed by atoms with van der Waals surface area (Å²) < 4.78 is 20.8. The van der Waals surface area contributed by atoms with Gasteiger partial charge in [-0.15, -0.1) is 32.9 Å². The highest BCUT2D eigenvalue weighted by molar-refractivity contribution is 7.22. The first kappa shape index (κ1) is 59.6. The fourth-order valence-electron chi connectivity index (χ4n) is 9.38. The number of ether oxygens (including phenoxy) is 1. The molecule has 1 fully saturated rings. The van der Waals surface area contributed by atoms with Gasteiger partial charge >= 0.3 is 5.97 Å². The van der Waals surface area contributed by atoms with Crippen molar-refractivity contribution in [2.24, 2.45) is 5.41 Å². The number of carboxylic acids is 1. The van der Waals surface area contributed by atoms with Gasteiger partial charge in [0.2, 0.25) is 23.6 Å². The summed E-state index contributed by atoms with van der Waals surface area (Å²) in [6.45, 7) is 11.7. The van der Waals surface area contributed by atoms with Crippen molar-refractivity contribution >= 4 is 95.7 Å². The fraction of sp³-hybridized carbons (Fsp3) is 0.414. The summed E-state index contributed by atoms with van der Waals surface area (Å²) in [5.74, 6) is -2.06. The Morgan fingerprint density at radius 3 is 2.35 bits per heavy atom. The Morgan fingerprint density at radius 1 is 0.901 bits per heavy atom. The third kappa shape index (κ3) is 15.3. The number of likely N-dealkylation sites (tertiary alicyclic amines) is 1. The summed E-state index contributed by atoms with van der Waals surface area (Å²) in [5, 5.41) is 40.2. The van der Waals surface area contributed by atoms with Crippen LogP contribution in [0.25, 0.3) is 20.7 Å². The van der Waals surface area contributed by atoms with Gasteiger partial charge in [0.1, 0.15) is 12.1 Å². The maximum Gasteiger partial charge on any atom is 0.355 e. The first-order chi connectivity index (χ1) is 38.7. The average molecular weight is 1160 g/mol. The summed E-state index contributed by atoms with van der Waals surface area (Å²) in [6, 6.07) is 21.3. The van der Waals surface area contributed by atoms with E-state index in [1.54, 1.807) is 45.8 Å². The molecule has 3 aromatic carbocycles. The molecule has 23 heteroatoms. The van der Waals surface area contributed by atoms with Crippen LogP contribution in [-0.2, 0) is 25.6 Å². The number of aromatic nitrogens is 5. The Morgan fingerprint density at radius 2 is 1.64 bits per heavy atom. The van der Waals surface area contributed by atoms with Gasteiger partial charge in [-0.3, -0.25) is 24.1 Å². The fourth-order valence-corrected chi connectivity index (χ4v) is 12.2. The van der Waals surface area contributed by atoms with E-state index in [2.05, 4.69) is 41.1 Å². The number of carbonyl (C=O) groups excluding carboxylic acids is 4. The molecule has 0 bridgehead atoms. The molecule has 7 aromatic rings. The monoisotopic (exact) mass is 1160 g/mol. The largest absolute Gasteiger partial charge is 0.491 e. The van der Waals surface area contributed by atoms with E-state index < -0.39 is 47.2 Å². The summed E-state index contributed by atoms with van der Waals surface area (Å²) >= 11 is 4.22. The number of aliphatic hydroxyl groups is 1. The smallest absolute Gasteiger partial charge is 0.355 e. The van der Waals surface area contributed by atoms with Gasteiger partial charge in [-0.05, 0) is 98.9 Å². The Labute approximate surface area is 482 Å². The van der Waals surface area contributed by atoms with Gasteiger partial charge in [-0.2, -0.15) is 0 Å². The van der Waals surface area contributed by atoms with Gasteiger partial charge in [0.25, 0.3) is 0 Å². The summed E-state index contributed by atoms with van der Waals surface area (Å²) in [6.07, 6.45) is 1.63. The predicted octanol–water partition coefficient (Wildman–Crippen LogP) is 9.79. The molecule has 428 valence electrons. The Hall–Kier alpha value is -7.47. The molecule has 0 saturated carbocycles. The number of rotatable bonds is 25. The molecule has 4 amide bonds. The van der Waals surface area contributed by atoms with E-state index in [0.717, 1.165) is 37.5 Å². The first-order valence-electron chi connectivity index (χ1n) is 26.9. The second-order valence-corrected chi connectivity index (χ2v) is 24.2. The molecule has 8 rings (SSSR count). The third-order valence-corrected chi connectivity index (χ3v) is 17.0. The standard InChI is InChI=1S/C58H68FN11O8S3/c1-34-30-46(66-67-52(34)65-56-62-41-17-12-14-19-44(41)80-56)69(57-64-49(55(76)77)45(81-57)20-15-29-78-43-18-13-11-16-40(43)59)28-27-68(7)48(73)22-10-8-9-21-47(72)63-51(58(4,5)6)54(75)70-32-39(71)31-42(70)53(74)61-35(2)37-23-25-38(26-24-37)50-36(3)60-33-79-50/h11-14,16-19,23-26,30,33,35,39,42,51,71H,8-10,15,20-22,27-29,31-32H2,1-7H3,(H,61,74)(H,63,72)(H,76,77)(H,62,65,67)/t35-,39+,42-,51?/m0/s1. The number of fused-ring (bicyclic) bond motifs is 1.